The molecule has 1 aromatic heterocycles. The van der Waals surface area contributed by atoms with E-state index in [1.165, 1.54) is 0 Å². The van der Waals surface area contributed by atoms with Crippen molar-refractivity contribution in [3.05, 3.63) is 79.1 Å². The lowest BCUT2D eigenvalue weighted by Gasteiger charge is -2.10. The number of hydrogen-bond donors (Lipinski definition) is 0. The summed E-state index contributed by atoms with van der Waals surface area (Å²) in [5.74, 6) is 0. The Morgan fingerprint density at radius 2 is 1.57 bits per heavy atom. The lowest BCUT2D eigenvalue weighted by atomic mass is 10.2. The molecule has 0 spiro atoms. The highest BCUT2D eigenvalue weighted by Crippen LogP contribution is 2.11. The van der Waals surface area contributed by atoms with Gasteiger partial charge in [0.05, 0.1) is 10.3 Å². The van der Waals surface area contributed by atoms with E-state index in [1.54, 1.807) is 24.3 Å². The maximum Gasteiger partial charge on any atom is 0.363 e. The zero-order valence-corrected chi connectivity index (χ0v) is 20.7. The molecule has 149 valence electrons. The molecule has 0 atom stereocenters. The average Bonchev–Trinajstić information content (AvgIpc) is 3.10. The molecule has 0 unspecified atom stereocenters. The minimum absolute atomic E-state index is 0.171. The summed E-state index contributed by atoms with van der Waals surface area (Å²) in [6.07, 6.45) is 0. The van der Waals surface area contributed by atoms with Gasteiger partial charge < -0.3 is 4.42 Å². The van der Waals surface area contributed by atoms with Crippen LogP contribution in [-0.4, -0.2) is 16.5 Å². The Hall–Kier alpha value is -1.42. The summed E-state index contributed by atoms with van der Waals surface area (Å²) in [6.45, 7) is 10.5. The van der Waals surface area contributed by atoms with Gasteiger partial charge in [0.1, 0.15) is 8.07 Å². The van der Waals surface area contributed by atoms with E-state index in [0.29, 0.717) is 3.77 Å². The molecule has 0 saturated heterocycles. The van der Waals surface area contributed by atoms with E-state index in [-0.39, 0.29) is 4.90 Å². The predicted octanol–water partition coefficient (Wildman–Crippen LogP) is 1.43. The van der Waals surface area contributed by atoms with Crippen molar-refractivity contribution in [3.63, 3.8) is 0 Å². The van der Waals surface area contributed by atoms with Gasteiger partial charge in [-0.05, 0) is 52.3 Å². The molecule has 0 saturated carbocycles. The van der Waals surface area contributed by atoms with E-state index in [2.05, 4.69) is 19.6 Å². The molecule has 2 aromatic carbocycles. The van der Waals surface area contributed by atoms with Crippen LogP contribution in [-0.2, 0) is 12.6 Å². The van der Waals surface area contributed by atoms with Crippen molar-refractivity contribution in [2.45, 2.75) is 38.4 Å². The first-order valence-corrected chi connectivity index (χ1v) is 16.9. The van der Waals surface area contributed by atoms with Crippen LogP contribution >= 0.6 is 0 Å². The highest BCUT2D eigenvalue weighted by atomic mass is 127. The second-order valence-electron chi connectivity index (χ2n) is 7.73. The van der Waals surface area contributed by atoms with Crippen LogP contribution in [0.3, 0.4) is 0 Å². The molecular formula is C21H25IO4SSi+. The van der Waals surface area contributed by atoms with Gasteiger partial charge in [0, 0.05) is 6.07 Å². The Morgan fingerprint density at radius 1 is 0.893 bits per heavy atom. The first-order valence-electron chi connectivity index (χ1n) is 8.95. The fourth-order valence-electron chi connectivity index (χ4n) is 2.52. The van der Waals surface area contributed by atoms with Crippen molar-refractivity contribution in [1.29, 1.82) is 0 Å². The third-order valence-corrected chi connectivity index (χ3v) is 12.9. The number of rotatable bonds is 6. The molecular weight excluding hydrogens is 503 g/mol. The maximum atomic E-state index is 13.0. The van der Waals surface area contributed by atoms with Crippen molar-refractivity contribution < 1.29 is 35.6 Å². The molecule has 7 heteroatoms. The van der Waals surface area contributed by atoms with Crippen LogP contribution in [0.4, 0.5) is 0 Å². The predicted molar refractivity (Wildman–Crippen MR) is 110 cm³/mol. The number of halogens is 1. The smallest absolute Gasteiger partial charge is 0.363 e. The molecule has 4 nitrogen and oxygen atoms in total. The zero-order valence-electron chi connectivity index (χ0n) is 16.7. The largest absolute Gasteiger partial charge is 0.430 e. The first-order chi connectivity index (χ1) is 13.1. The van der Waals surface area contributed by atoms with Crippen molar-refractivity contribution in [1.82, 2.24) is 0 Å². The molecule has 3 rings (SSSR count). The van der Waals surface area contributed by atoms with Crippen molar-refractivity contribution in [2.75, 3.05) is 0 Å². The molecule has 0 aliphatic heterocycles. The first kappa shape index (κ1) is 21.3. The molecule has 0 aliphatic carbocycles. The highest BCUT2D eigenvalue weighted by Gasteiger charge is 2.41. The summed E-state index contributed by atoms with van der Waals surface area (Å²) in [5, 5.41) is 0.953. The maximum absolute atomic E-state index is 13.0. The number of hydrogen-bond acceptors (Lipinski definition) is 4. The third-order valence-electron chi connectivity index (χ3n) is 4.12. The van der Waals surface area contributed by atoms with Crippen molar-refractivity contribution >= 4 is 23.6 Å². The van der Waals surface area contributed by atoms with Crippen LogP contribution in [0.5, 0.6) is 0 Å². The van der Waals surface area contributed by atoms with Crippen LogP contribution in [0.1, 0.15) is 11.1 Å². The summed E-state index contributed by atoms with van der Waals surface area (Å²) in [6, 6.07) is 18.4. The summed E-state index contributed by atoms with van der Waals surface area (Å²) in [4.78, 5) is 0.171. The highest BCUT2D eigenvalue weighted by molar-refractivity contribution is 7.86. The quantitative estimate of drug-likeness (QED) is 0.359. The average molecular weight is 528 g/mol. The van der Waals surface area contributed by atoms with Gasteiger partial charge in [-0.3, -0.25) is 0 Å². The van der Waals surface area contributed by atoms with Gasteiger partial charge in [0.25, 0.3) is 0 Å². The van der Waals surface area contributed by atoms with Gasteiger partial charge in [-0.1, -0.05) is 49.5 Å². The van der Waals surface area contributed by atoms with Gasteiger partial charge in [-0.25, -0.2) is 0 Å². The molecule has 0 fully saturated rings. The summed E-state index contributed by atoms with van der Waals surface area (Å²) in [7, 11) is -5.54. The van der Waals surface area contributed by atoms with E-state index >= 15 is 0 Å². The van der Waals surface area contributed by atoms with Gasteiger partial charge >= 0.3 is 34.1 Å². The third kappa shape index (κ3) is 4.94. The van der Waals surface area contributed by atoms with E-state index in [0.717, 1.165) is 20.1 Å². The summed E-state index contributed by atoms with van der Waals surface area (Å²) < 4.78 is 39.5. The molecule has 3 aromatic rings. The van der Waals surface area contributed by atoms with Crippen LogP contribution in [0, 0.1) is 21.2 Å². The minimum atomic E-state index is -3.89. The lowest BCUT2D eigenvalue weighted by Crippen LogP contribution is -3.85. The van der Waals surface area contributed by atoms with Crippen LogP contribution in [0.25, 0.3) is 0 Å². The SMILES string of the molecule is Cc1ccc(S(=O)(=O)O[I+](c2cccc(C)c2)c2ccc([Si](C)(C)C)o2)cc1. The molecule has 1 heterocycles. The monoisotopic (exact) mass is 528 g/mol. The van der Waals surface area contributed by atoms with Crippen molar-refractivity contribution in [2.24, 2.45) is 0 Å². The van der Waals surface area contributed by atoms with Crippen LogP contribution < -0.4 is 25.6 Å². The lowest BCUT2D eigenvalue weighted by molar-refractivity contribution is -1.04. The second-order valence-corrected chi connectivity index (χ2v) is 19.0. The number of benzene rings is 2. The molecule has 0 bridgehead atoms. The van der Waals surface area contributed by atoms with Crippen LogP contribution in [0.2, 0.25) is 19.6 Å². The van der Waals surface area contributed by atoms with Gasteiger partial charge in [0.15, 0.2) is 3.57 Å². The van der Waals surface area contributed by atoms with Gasteiger partial charge in [-0.2, -0.15) is 8.42 Å². The molecule has 0 aliphatic rings. The summed E-state index contributed by atoms with van der Waals surface area (Å²) >= 11 is -2.79. The molecule has 28 heavy (non-hydrogen) atoms. The number of aryl methyl sites for hydroxylation is 2. The minimum Gasteiger partial charge on any atom is -0.430 e. The Kier molecular flexibility index (Phi) is 6.19. The fraction of sp³-hybridized carbons (Fsp3) is 0.238. The molecule has 0 N–H and O–H groups in total. The van der Waals surface area contributed by atoms with Crippen molar-refractivity contribution in [3.8, 4) is 0 Å². The van der Waals surface area contributed by atoms with E-state index in [9.17, 15) is 8.42 Å². The Bertz CT molecular complexity index is 1070. The zero-order chi connectivity index (χ0) is 20.5. The van der Waals surface area contributed by atoms with E-state index in [1.807, 2.05) is 50.2 Å². The van der Waals surface area contributed by atoms with Crippen LogP contribution in [0.15, 0.2) is 70.0 Å². The standard InChI is InChI=1S/C21H25IO4SSi/c1-16-9-11-19(12-10-16)27(23,24)26-22(18-8-6-7-17(2)15-18)20-13-14-21(25-20)28(3,4)5/h6-15H,1-5H3/q+1. The van der Waals surface area contributed by atoms with Gasteiger partial charge in [-0.15, -0.1) is 0 Å². The van der Waals surface area contributed by atoms with E-state index in [4.69, 9.17) is 6.93 Å². The molecule has 1 radical (unpaired) electrons. The van der Waals surface area contributed by atoms with Gasteiger partial charge in [0.2, 0.25) is 0 Å². The second kappa shape index (κ2) is 8.14. The number of furan rings is 1. The normalized spacial score (nSPS) is 12.5. The molecule has 0 amide bonds. The Balaban J connectivity index is 2.04. The fourth-order valence-corrected chi connectivity index (χ4v) is 10.6. The van der Waals surface area contributed by atoms with E-state index < -0.39 is 38.4 Å². The summed E-state index contributed by atoms with van der Waals surface area (Å²) in [5.41, 5.74) is 2.06. The topological polar surface area (TPSA) is 56.5 Å². The Labute approximate surface area is 176 Å². The Morgan fingerprint density at radius 3 is 2.14 bits per heavy atom.